The average molecular weight is 461 g/mol. The first kappa shape index (κ1) is 21.9. The Morgan fingerprint density at radius 2 is 1.70 bits per heavy atom. The Bertz CT molecular complexity index is 1380. The third kappa shape index (κ3) is 4.94. The number of fused-ring (bicyclic) bond motifs is 1. The van der Waals surface area contributed by atoms with Crippen molar-refractivity contribution in [3.05, 3.63) is 101 Å². The second-order valence-electron chi connectivity index (χ2n) is 7.00. The van der Waals surface area contributed by atoms with Crippen molar-refractivity contribution in [2.75, 3.05) is 0 Å². The maximum atomic E-state index is 12.6. The van der Waals surface area contributed by atoms with Crippen LogP contribution in [0.15, 0.2) is 84.0 Å². The number of carbonyl (C=O) groups excluding carboxylic acids is 2. The minimum absolute atomic E-state index is 0.0581. The molecule has 0 unspecified atom stereocenters. The lowest BCUT2D eigenvalue weighted by Crippen LogP contribution is -2.18. The Hall–Kier alpha value is -4.36. The lowest BCUT2D eigenvalue weighted by atomic mass is 10.0. The van der Waals surface area contributed by atoms with Gasteiger partial charge in [0.2, 0.25) is 0 Å². The molecule has 0 spiro atoms. The highest BCUT2D eigenvalue weighted by atomic mass is 35.5. The van der Waals surface area contributed by atoms with Crippen molar-refractivity contribution in [1.29, 1.82) is 0 Å². The molecule has 7 nitrogen and oxygen atoms in total. The quantitative estimate of drug-likeness (QED) is 0.170. The van der Waals surface area contributed by atoms with Crippen molar-refractivity contribution in [1.82, 2.24) is 5.43 Å². The molecule has 4 rings (SSSR count). The maximum absolute atomic E-state index is 12.6. The highest BCUT2D eigenvalue weighted by Crippen LogP contribution is 2.28. The summed E-state index contributed by atoms with van der Waals surface area (Å²) in [4.78, 5) is 25.0. The summed E-state index contributed by atoms with van der Waals surface area (Å²) in [5, 5.41) is 25.3. The van der Waals surface area contributed by atoms with Crippen LogP contribution >= 0.6 is 11.6 Å². The number of phenols is 2. The standard InChI is InChI=1S/C25H17ClN2O5/c26-17-8-5-16(6-9-17)25(32)33-23-12-7-15-3-1-2-4-19(15)21(23)14-27-28-24(31)20-11-10-18(29)13-22(20)30/h1-14,29-30H,(H,28,31)/b27-14+. The number of hydrazone groups is 1. The molecule has 0 aromatic heterocycles. The molecule has 0 atom stereocenters. The van der Waals surface area contributed by atoms with Gasteiger partial charge in [0.05, 0.1) is 17.3 Å². The number of hydrogen-bond acceptors (Lipinski definition) is 6. The van der Waals surface area contributed by atoms with Crippen LogP contribution in [0.5, 0.6) is 17.2 Å². The molecule has 1 amide bonds. The van der Waals surface area contributed by atoms with Crippen LogP contribution in [0.1, 0.15) is 26.3 Å². The second-order valence-corrected chi connectivity index (χ2v) is 7.43. The monoisotopic (exact) mass is 460 g/mol. The van der Waals surface area contributed by atoms with Crippen LogP contribution < -0.4 is 10.2 Å². The van der Waals surface area contributed by atoms with E-state index in [1.165, 1.54) is 18.3 Å². The van der Waals surface area contributed by atoms with Gasteiger partial charge in [-0.05, 0) is 53.2 Å². The second kappa shape index (κ2) is 9.42. The predicted molar refractivity (Wildman–Crippen MR) is 125 cm³/mol. The van der Waals surface area contributed by atoms with Crippen molar-refractivity contribution < 1.29 is 24.5 Å². The Labute approximate surface area is 193 Å². The highest BCUT2D eigenvalue weighted by Gasteiger charge is 2.14. The summed E-state index contributed by atoms with van der Waals surface area (Å²) >= 11 is 5.88. The molecular weight excluding hydrogens is 444 g/mol. The van der Waals surface area contributed by atoms with E-state index in [9.17, 15) is 19.8 Å². The summed E-state index contributed by atoms with van der Waals surface area (Å²) in [5.41, 5.74) is 3.07. The topological polar surface area (TPSA) is 108 Å². The van der Waals surface area contributed by atoms with Crippen molar-refractivity contribution in [2.24, 2.45) is 5.10 Å². The Morgan fingerprint density at radius 1 is 0.939 bits per heavy atom. The average Bonchev–Trinajstić information content (AvgIpc) is 2.80. The number of ether oxygens (including phenoxy) is 1. The van der Waals surface area contributed by atoms with Gasteiger partial charge in [-0.2, -0.15) is 5.10 Å². The van der Waals surface area contributed by atoms with Crippen LogP contribution in [0.4, 0.5) is 0 Å². The molecule has 164 valence electrons. The molecule has 0 aliphatic rings. The van der Waals surface area contributed by atoms with Gasteiger partial charge in [-0.1, -0.05) is 41.9 Å². The summed E-state index contributed by atoms with van der Waals surface area (Å²) < 4.78 is 5.60. The summed E-state index contributed by atoms with van der Waals surface area (Å²) in [6.45, 7) is 0. The number of halogens is 1. The van der Waals surface area contributed by atoms with Crippen LogP contribution in [-0.2, 0) is 0 Å². The van der Waals surface area contributed by atoms with Crippen LogP contribution in [-0.4, -0.2) is 28.3 Å². The van der Waals surface area contributed by atoms with E-state index in [1.807, 2.05) is 30.3 Å². The van der Waals surface area contributed by atoms with Crippen molar-refractivity contribution in [2.45, 2.75) is 0 Å². The van der Waals surface area contributed by atoms with Gasteiger partial charge in [0, 0.05) is 16.7 Å². The molecule has 0 saturated heterocycles. The first-order valence-electron chi connectivity index (χ1n) is 9.77. The molecule has 0 radical (unpaired) electrons. The number of aromatic hydroxyl groups is 2. The Morgan fingerprint density at radius 3 is 2.45 bits per heavy atom. The van der Waals surface area contributed by atoms with Crippen LogP contribution in [0, 0.1) is 0 Å². The predicted octanol–water partition coefficient (Wildman–Crippen LogP) is 4.89. The van der Waals surface area contributed by atoms with E-state index in [0.717, 1.165) is 16.8 Å². The molecule has 3 N–H and O–H groups in total. The number of amides is 1. The van der Waals surface area contributed by atoms with Crippen molar-refractivity contribution >= 4 is 40.5 Å². The van der Waals surface area contributed by atoms with Gasteiger partial charge >= 0.3 is 5.97 Å². The minimum Gasteiger partial charge on any atom is -0.508 e. The third-order valence-corrected chi connectivity index (χ3v) is 5.05. The molecule has 8 heteroatoms. The number of nitrogens with one attached hydrogen (secondary N) is 1. The molecular formula is C25H17ClN2O5. The number of hydrogen-bond donors (Lipinski definition) is 3. The van der Waals surface area contributed by atoms with E-state index >= 15 is 0 Å². The zero-order valence-electron chi connectivity index (χ0n) is 17.0. The third-order valence-electron chi connectivity index (χ3n) is 4.80. The first-order valence-corrected chi connectivity index (χ1v) is 10.1. The van der Waals surface area contributed by atoms with Gasteiger partial charge in [-0.3, -0.25) is 4.79 Å². The summed E-state index contributed by atoms with van der Waals surface area (Å²) in [5.74, 6) is -1.56. The van der Waals surface area contributed by atoms with E-state index in [4.69, 9.17) is 16.3 Å². The van der Waals surface area contributed by atoms with E-state index in [0.29, 0.717) is 16.1 Å². The highest BCUT2D eigenvalue weighted by molar-refractivity contribution is 6.30. The Balaban J connectivity index is 1.63. The minimum atomic E-state index is -0.677. The fourth-order valence-electron chi connectivity index (χ4n) is 3.17. The molecule has 0 saturated carbocycles. The lowest BCUT2D eigenvalue weighted by Gasteiger charge is -2.11. The van der Waals surface area contributed by atoms with Gasteiger partial charge < -0.3 is 14.9 Å². The summed E-state index contributed by atoms with van der Waals surface area (Å²) in [6, 6.07) is 20.8. The number of phenolic OH excluding ortho intramolecular Hbond substituents is 2. The fraction of sp³-hybridized carbons (Fsp3) is 0. The zero-order valence-corrected chi connectivity index (χ0v) is 17.8. The van der Waals surface area contributed by atoms with Gasteiger partial charge in [0.15, 0.2) is 0 Å². The van der Waals surface area contributed by atoms with Crippen LogP contribution in [0.25, 0.3) is 10.8 Å². The summed E-state index contributed by atoms with van der Waals surface area (Å²) in [7, 11) is 0. The largest absolute Gasteiger partial charge is 0.508 e. The number of rotatable bonds is 5. The number of esters is 1. The molecule has 4 aromatic carbocycles. The Kier molecular flexibility index (Phi) is 6.24. The molecule has 4 aromatic rings. The lowest BCUT2D eigenvalue weighted by molar-refractivity contribution is 0.0734. The van der Waals surface area contributed by atoms with Crippen LogP contribution in [0.3, 0.4) is 0 Å². The van der Waals surface area contributed by atoms with Gasteiger partial charge in [-0.15, -0.1) is 0 Å². The number of benzene rings is 4. The van der Waals surface area contributed by atoms with E-state index in [1.54, 1.807) is 30.3 Å². The number of carbonyl (C=O) groups is 2. The van der Waals surface area contributed by atoms with Crippen molar-refractivity contribution in [3.8, 4) is 17.2 Å². The van der Waals surface area contributed by atoms with Crippen molar-refractivity contribution in [3.63, 3.8) is 0 Å². The zero-order chi connectivity index (χ0) is 23.4. The number of nitrogens with zero attached hydrogens (tertiary/aromatic N) is 1. The van der Waals surface area contributed by atoms with E-state index < -0.39 is 11.9 Å². The van der Waals surface area contributed by atoms with Gasteiger partial charge in [-0.25, -0.2) is 10.2 Å². The van der Waals surface area contributed by atoms with E-state index in [2.05, 4.69) is 10.5 Å². The maximum Gasteiger partial charge on any atom is 0.343 e. The normalized spacial score (nSPS) is 10.9. The van der Waals surface area contributed by atoms with E-state index in [-0.39, 0.29) is 22.8 Å². The smallest absolute Gasteiger partial charge is 0.343 e. The summed E-state index contributed by atoms with van der Waals surface area (Å²) in [6.07, 6.45) is 1.36. The van der Waals surface area contributed by atoms with Gasteiger partial charge in [0.1, 0.15) is 17.2 Å². The van der Waals surface area contributed by atoms with Gasteiger partial charge in [0.25, 0.3) is 5.91 Å². The molecule has 0 heterocycles. The molecule has 0 bridgehead atoms. The first-order chi connectivity index (χ1) is 15.9. The molecule has 0 aliphatic heterocycles. The van der Waals surface area contributed by atoms with Crippen LogP contribution in [0.2, 0.25) is 5.02 Å². The SMILES string of the molecule is O=C(Oc1ccc2ccccc2c1/C=N/NC(=O)c1ccc(O)cc1O)c1ccc(Cl)cc1. The molecule has 33 heavy (non-hydrogen) atoms. The molecule has 0 fully saturated rings. The molecule has 0 aliphatic carbocycles. The fourth-order valence-corrected chi connectivity index (χ4v) is 3.30.